The third kappa shape index (κ3) is 4.79. The first kappa shape index (κ1) is 24.2. The van der Waals surface area contributed by atoms with E-state index in [-0.39, 0.29) is 12.6 Å². The molecule has 2 unspecified atom stereocenters. The summed E-state index contributed by atoms with van der Waals surface area (Å²) in [7, 11) is 1.52. The first-order valence-electron chi connectivity index (χ1n) is 11.5. The van der Waals surface area contributed by atoms with E-state index in [2.05, 4.69) is 15.9 Å². The number of aryl methyl sites for hydroxylation is 1. The number of benzene rings is 2. The van der Waals surface area contributed by atoms with Gasteiger partial charge in [-0.25, -0.2) is 4.79 Å². The van der Waals surface area contributed by atoms with Crippen molar-refractivity contribution in [2.75, 3.05) is 46.4 Å². The van der Waals surface area contributed by atoms with E-state index < -0.39 is 12.2 Å². The molecular weight excluding hydrogens is 434 g/mol. The Hall–Kier alpha value is -2.96. The molecular formula is C26H31N3O5. The smallest absolute Gasteiger partial charge is 0.338 e. The minimum absolute atomic E-state index is 0.270. The van der Waals surface area contributed by atoms with Crippen molar-refractivity contribution in [1.82, 2.24) is 9.80 Å². The molecule has 2 heterocycles. The third-order valence-electron chi connectivity index (χ3n) is 6.96. The van der Waals surface area contributed by atoms with Crippen LogP contribution in [-0.2, 0) is 11.3 Å². The van der Waals surface area contributed by atoms with E-state index in [4.69, 9.17) is 9.47 Å². The summed E-state index contributed by atoms with van der Waals surface area (Å²) in [6, 6.07) is 9.19. The molecule has 2 N–H and O–H groups in total. The van der Waals surface area contributed by atoms with Gasteiger partial charge in [0.15, 0.2) is 0 Å². The summed E-state index contributed by atoms with van der Waals surface area (Å²) in [4.78, 5) is 16.2. The molecule has 2 aromatic carbocycles. The zero-order chi connectivity index (χ0) is 24.4. The summed E-state index contributed by atoms with van der Waals surface area (Å²) in [5, 5.41) is 31.0. The van der Waals surface area contributed by atoms with Crippen LogP contribution in [0.1, 0.15) is 55.9 Å². The molecule has 0 bridgehead atoms. The molecule has 2 aliphatic heterocycles. The summed E-state index contributed by atoms with van der Waals surface area (Å²) < 4.78 is 10.4. The second kappa shape index (κ2) is 10.1. The monoisotopic (exact) mass is 465 g/mol. The van der Waals surface area contributed by atoms with Crippen molar-refractivity contribution in [3.63, 3.8) is 0 Å². The molecule has 1 saturated heterocycles. The van der Waals surface area contributed by atoms with Crippen LogP contribution in [0.15, 0.2) is 24.3 Å². The second-order valence-corrected chi connectivity index (χ2v) is 9.04. The van der Waals surface area contributed by atoms with Gasteiger partial charge in [-0.3, -0.25) is 9.80 Å². The molecule has 0 amide bonds. The number of β-amino-alcohol motifs (C(OH)–C–C–N with tert-alkyl or cyclic N) is 2. The minimum atomic E-state index is -0.683. The lowest BCUT2D eigenvalue weighted by atomic mass is 9.95. The standard InChI is InChI=1S/C26H31N3O5/c1-16-10-18(12-27)25(33-3)11-21(16)24(31)14-29-8-6-28(7-9-29)13-23(30)19-4-5-20-22(17(19)2)15-34-26(20)32/h4-5,10-11,23-24,30-31H,6-9,13-15H2,1-3H3. The van der Waals surface area contributed by atoms with Gasteiger partial charge >= 0.3 is 5.97 Å². The number of piperazine rings is 1. The van der Waals surface area contributed by atoms with Crippen molar-refractivity contribution in [2.24, 2.45) is 0 Å². The fourth-order valence-corrected chi connectivity index (χ4v) is 4.89. The Bertz CT molecular complexity index is 1120. The number of aliphatic hydroxyl groups excluding tert-OH is 2. The van der Waals surface area contributed by atoms with Crippen molar-refractivity contribution in [3.05, 3.63) is 63.2 Å². The number of nitrogens with zero attached hydrogens (tertiary/aromatic N) is 3. The van der Waals surface area contributed by atoms with Gasteiger partial charge in [-0.15, -0.1) is 0 Å². The maximum Gasteiger partial charge on any atom is 0.338 e. The van der Waals surface area contributed by atoms with Crippen LogP contribution in [0.4, 0.5) is 0 Å². The van der Waals surface area contributed by atoms with Crippen LogP contribution in [0, 0.1) is 25.2 Å². The highest BCUT2D eigenvalue weighted by atomic mass is 16.5. The number of cyclic esters (lactones) is 1. The lowest BCUT2D eigenvalue weighted by Crippen LogP contribution is -2.48. The normalized spacial score (nSPS) is 18.2. The first-order chi connectivity index (χ1) is 16.3. The Morgan fingerprint density at radius 2 is 1.68 bits per heavy atom. The molecule has 1 fully saturated rings. The summed E-state index contributed by atoms with van der Waals surface area (Å²) in [6.07, 6.45) is -1.33. The van der Waals surface area contributed by atoms with E-state index in [1.165, 1.54) is 7.11 Å². The van der Waals surface area contributed by atoms with E-state index in [1.54, 1.807) is 18.2 Å². The van der Waals surface area contributed by atoms with E-state index in [9.17, 15) is 20.3 Å². The van der Waals surface area contributed by atoms with Crippen LogP contribution in [0.5, 0.6) is 5.75 Å². The molecule has 8 heteroatoms. The van der Waals surface area contributed by atoms with Gasteiger partial charge in [-0.05, 0) is 54.3 Å². The van der Waals surface area contributed by atoms with Crippen molar-refractivity contribution < 1.29 is 24.5 Å². The van der Waals surface area contributed by atoms with Gasteiger partial charge in [0.1, 0.15) is 18.4 Å². The summed E-state index contributed by atoms with van der Waals surface area (Å²) in [5.41, 5.74) is 5.31. The van der Waals surface area contributed by atoms with Crippen molar-refractivity contribution in [2.45, 2.75) is 32.7 Å². The number of rotatable bonds is 7. The highest BCUT2D eigenvalue weighted by Gasteiger charge is 2.27. The number of esters is 1. The highest BCUT2D eigenvalue weighted by Crippen LogP contribution is 2.30. The number of carbonyl (C=O) groups excluding carboxylic acids is 1. The molecule has 0 spiro atoms. The largest absolute Gasteiger partial charge is 0.495 e. The molecule has 4 rings (SSSR count). The Labute approximate surface area is 199 Å². The van der Waals surface area contributed by atoms with Crippen LogP contribution in [0.3, 0.4) is 0 Å². The van der Waals surface area contributed by atoms with Gasteiger partial charge in [0, 0.05) is 44.8 Å². The predicted molar refractivity (Wildman–Crippen MR) is 126 cm³/mol. The molecule has 34 heavy (non-hydrogen) atoms. The highest BCUT2D eigenvalue weighted by molar-refractivity contribution is 5.93. The molecule has 2 aliphatic rings. The lowest BCUT2D eigenvalue weighted by molar-refractivity contribution is 0.0478. The van der Waals surface area contributed by atoms with Crippen LogP contribution in [-0.4, -0.2) is 72.4 Å². The number of methoxy groups -OCH3 is 1. The minimum Gasteiger partial charge on any atom is -0.495 e. The summed E-state index contributed by atoms with van der Waals surface area (Å²) in [5.74, 6) is 0.172. The topological polar surface area (TPSA) is 106 Å². The first-order valence-corrected chi connectivity index (χ1v) is 11.5. The quantitative estimate of drug-likeness (QED) is 0.600. The van der Waals surface area contributed by atoms with E-state index >= 15 is 0 Å². The number of hydrogen-bond donors (Lipinski definition) is 2. The molecule has 0 aliphatic carbocycles. The van der Waals surface area contributed by atoms with Gasteiger partial charge in [-0.2, -0.15) is 5.26 Å². The summed E-state index contributed by atoms with van der Waals surface area (Å²) >= 11 is 0. The van der Waals surface area contributed by atoms with Crippen LogP contribution < -0.4 is 4.74 Å². The van der Waals surface area contributed by atoms with Gasteiger partial charge < -0.3 is 19.7 Å². The van der Waals surface area contributed by atoms with E-state index in [1.807, 2.05) is 19.9 Å². The van der Waals surface area contributed by atoms with Gasteiger partial charge in [0.05, 0.1) is 30.4 Å². The van der Waals surface area contributed by atoms with E-state index in [0.717, 1.165) is 54.0 Å². The maximum atomic E-state index is 11.8. The zero-order valence-corrected chi connectivity index (χ0v) is 19.9. The van der Waals surface area contributed by atoms with Gasteiger partial charge in [0.2, 0.25) is 0 Å². The average molecular weight is 466 g/mol. The van der Waals surface area contributed by atoms with E-state index in [0.29, 0.717) is 30.0 Å². The van der Waals surface area contributed by atoms with Crippen molar-refractivity contribution >= 4 is 5.97 Å². The Morgan fingerprint density at radius 1 is 1.06 bits per heavy atom. The molecule has 2 atom stereocenters. The number of nitriles is 1. The third-order valence-corrected chi connectivity index (χ3v) is 6.96. The number of fused-ring (bicyclic) bond motifs is 1. The van der Waals surface area contributed by atoms with Crippen LogP contribution in [0.25, 0.3) is 0 Å². The molecule has 0 radical (unpaired) electrons. The van der Waals surface area contributed by atoms with Crippen molar-refractivity contribution in [3.8, 4) is 11.8 Å². The number of ether oxygens (including phenoxy) is 2. The number of hydrogen-bond acceptors (Lipinski definition) is 8. The predicted octanol–water partition coefficient (Wildman–Crippen LogP) is 2.24. The molecule has 0 aromatic heterocycles. The Balaban J connectivity index is 1.33. The average Bonchev–Trinajstić information content (AvgIpc) is 3.21. The fourth-order valence-electron chi connectivity index (χ4n) is 4.89. The molecule has 2 aromatic rings. The second-order valence-electron chi connectivity index (χ2n) is 9.04. The SMILES string of the molecule is COc1cc(C(O)CN2CCN(CC(O)c3ccc4c(c3C)COC4=O)CC2)c(C)cc1C#N. The number of carbonyl (C=O) groups is 1. The molecule has 0 saturated carbocycles. The zero-order valence-electron chi connectivity index (χ0n) is 19.9. The van der Waals surface area contributed by atoms with Crippen LogP contribution >= 0.6 is 0 Å². The number of aliphatic hydroxyl groups is 2. The Morgan fingerprint density at radius 3 is 2.26 bits per heavy atom. The lowest BCUT2D eigenvalue weighted by Gasteiger charge is -2.36. The van der Waals surface area contributed by atoms with Gasteiger partial charge in [-0.1, -0.05) is 6.07 Å². The fraction of sp³-hybridized carbons (Fsp3) is 0.462. The summed E-state index contributed by atoms with van der Waals surface area (Å²) in [6.45, 7) is 8.21. The van der Waals surface area contributed by atoms with Crippen molar-refractivity contribution in [1.29, 1.82) is 5.26 Å². The van der Waals surface area contributed by atoms with Gasteiger partial charge in [0.25, 0.3) is 0 Å². The van der Waals surface area contributed by atoms with Crippen LogP contribution in [0.2, 0.25) is 0 Å². The maximum absolute atomic E-state index is 11.8. The molecule has 180 valence electrons. The molecule has 8 nitrogen and oxygen atoms in total. The Kier molecular flexibility index (Phi) is 7.19.